The molecule has 1 amide bonds. The molecule has 0 aliphatic heterocycles. The van der Waals surface area contributed by atoms with Gasteiger partial charge in [-0.25, -0.2) is 4.79 Å². The van der Waals surface area contributed by atoms with E-state index in [1.165, 1.54) is 7.11 Å². The molecule has 1 aromatic carbocycles. The Kier molecular flexibility index (Phi) is 6.17. The lowest BCUT2D eigenvalue weighted by Gasteiger charge is -2.14. The molecule has 0 bridgehead atoms. The highest BCUT2D eigenvalue weighted by Gasteiger charge is 2.21. The molecule has 0 saturated carbocycles. The molecule has 0 radical (unpaired) electrons. The molecule has 1 aromatic rings. The molecule has 0 aromatic heterocycles. The number of halogens is 1. The van der Waals surface area contributed by atoms with E-state index in [1.54, 1.807) is 24.3 Å². The summed E-state index contributed by atoms with van der Waals surface area (Å²) in [6.07, 6.45) is -0.0989. The van der Waals surface area contributed by atoms with Crippen molar-refractivity contribution in [3.05, 3.63) is 34.3 Å². The molecule has 1 atom stereocenters. The minimum absolute atomic E-state index is 0.0235. The number of rotatable bonds is 6. The summed E-state index contributed by atoms with van der Waals surface area (Å²) in [5.41, 5.74) is 0.345. The Morgan fingerprint density at radius 2 is 1.90 bits per heavy atom. The molecule has 0 aliphatic carbocycles. The zero-order chi connectivity index (χ0) is 15.1. The van der Waals surface area contributed by atoms with Gasteiger partial charge in [-0.15, -0.1) is 0 Å². The van der Waals surface area contributed by atoms with Gasteiger partial charge in [-0.05, 0) is 30.7 Å². The Labute approximate surface area is 124 Å². The molecule has 0 fully saturated rings. The minimum atomic E-state index is -1.20. The number of nitrogens with one attached hydrogen (secondary N) is 1. The molecular weight excluding hydrogens is 330 g/mol. The van der Waals surface area contributed by atoms with Crippen LogP contribution in [0.1, 0.15) is 23.2 Å². The van der Waals surface area contributed by atoms with E-state index in [9.17, 15) is 14.4 Å². The number of hydrogen-bond acceptors (Lipinski definition) is 4. The highest BCUT2D eigenvalue weighted by Crippen LogP contribution is 2.11. The van der Waals surface area contributed by atoms with E-state index in [0.29, 0.717) is 5.56 Å². The minimum Gasteiger partial charge on any atom is -0.480 e. The van der Waals surface area contributed by atoms with Gasteiger partial charge in [0.25, 0.3) is 5.91 Å². The first kappa shape index (κ1) is 16.2. The monoisotopic (exact) mass is 343 g/mol. The number of benzene rings is 1. The first-order valence-electron chi connectivity index (χ1n) is 5.80. The molecule has 0 heterocycles. The van der Waals surface area contributed by atoms with Crippen LogP contribution in [0.15, 0.2) is 28.7 Å². The quantitative estimate of drug-likeness (QED) is 0.765. The summed E-state index contributed by atoms with van der Waals surface area (Å²) >= 11 is 3.24. The summed E-state index contributed by atoms with van der Waals surface area (Å²) in [5.74, 6) is -2.22. The SMILES string of the molecule is COC(=O)CCC(NC(=O)c1ccc(Br)cc1)C(=O)O. The largest absolute Gasteiger partial charge is 0.480 e. The second kappa shape index (κ2) is 7.64. The molecule has 1 unspecified atom stereocenters. The van der Waals surface area contributed by atoms with E-state index in [-0.39, 0.29) is 12.8 Å². The number of hydrogen-bond donors (Lipinski definition) is 2. The maximum atomic E-state index is 11.9. The van der Waals surface area contributed by atoms with Gasteiger partial charge in [-0.2, -0.15) is 0 Å². The lowest BCUT2D eigenvalue weighted by atomic mass is 10.1. The smallest absolute Gasteiger partial charge is 0.326 e. The highest BCUT2D eigenvalue weighted by molar-refractivity contribution is 9.10. The number of carboxylic acid groups (broad SMARTS) is 1. The van der Waals surface area contributed by atoms with Crippen LogP contribution >= 0.6 is 15.9 Å². The van der Waals surface area contributed by atoms with Crippen LogP contribution in [0.3, 0.4) is 0 Å². The lowest BCUT2D eigenvalue weighted by molar-refractivity contribution is -0.142. The van der Waals surface area contributed by atoms with Gasteiger partial charge < -0.3 is 15.2 Å². The molecule has 20 heavy (non-hydrogen) atoms. The molecular formula is C13H14BrNO5. The molecule has 1 rings (SSSR count). The Balaban J connectivity index is 2.65. The maximum Gasteiger partial charge on any atom is 0.326 e. The van der Waals surface area contributed by atoms with Crippen LogP contribution < -0.4 is 5.32 Å². The topological polar surface area (TPSA) is 92.7 Å². The van der Waals surface area contributed by atoms with Crippen LogP contribution in [0.2, 0.25) is 0 Å². The van der Waals surface area contributed by atoms with E-state index in [0.717, 1.165) is 4.47 Å². The van der Waals surface area contributed by atoms with E-state index in [4.69, 9.17) is 5.11 Å². The van der Waals surface area contributed by atoms with E-state index in [1.807, 2.05) is 0 Å². The molecule has 0 saturated heterocycles. The molecule has 108 valence electrons. The fourth-order valence-corrected chi connectivity index (χ4v) is 1.73. The number of carbonyl (C=O) groups excluding carboxylic acids is 2. The van der Waals surface area contributed by atoms with Gasteiger partial charge >= 0.3 is 11.9 Å². The normalized spacial score (nSPS) is 11.5. The average Bonchev–Trinajstić information content (AvgIpc) is 2.43. The number of aliphatic carboxylic acids is 1. The van der Waals surface area contributed by atoms with E-state index < -0.39 is 23.9 Å². The zero-order valence-corrected chi connectivity index (χ0v) is 12.3. The number of amides is 1. The number of carbonyl (C=O) groups is 3. The Bertz CT molecular complexity index is 500. The fraction of sp³-hybridized carbons (Fsp3) is 0.308. The molecule has 6 nitrogen and oxygen atoms in total. The van der Waals surface area contributed by atoms with Crippen molar-refractivity contribution < 1.29 is 24.2 Å². The van der Waals surface area contributed by atoms with E-state index >= 15 is 0 Å². The lowest BCUT2D eigenvalue weighted by Crippen LogP contribution is -2.41. The van der Waals surface area contributed by atoms with Crippen LogP contribution in [0.4, 0.5) is 0 Å². The van der Waals surface area contributed by atoms with Gasteiger partial charge in [0.15, 0.2) is 0 Å². The Morgan fingerprint density at radius 3 is 2.40 bits per heavy atom. The maximum absolute atomic E-state index is 11.9. The predicted octanol–water partition coefficient (Wildman–Crippen LogP) is 1.59. The number of methoxy groups -OCH3 is 1. The summed E-state index contributed by atoms with van der Waals surface area (Å²) in [4.78, 5) is 33.9. The summed E-state index contributed by atoms with van der Waals surface area (Å²) < 4.78 is 5.25. The first-order valence-corrected chi connectivity index (χ1v) is 6.59. The van der Waals surface area contributed by atoms with Gasteiger partial charge in [0.1, 0.15) is 6.04 Å². The van der Waals surface area contributed by atoms with Gasteiger partial charge in [0.2, 0.25) is 0 Å². The predicted molar refractivity (Wildman–Crippen MR) is 74.3 cm³/mol. The van der Waals surface area contributed by atoms with Crippen molar-refractivity contribution in [1.29, 1.82) is 0 Å². The molecule has 7 heteroatoms. The third-order valence-electron chi connectivity index (χ3n) is 2.57. The highest BCUT2D eigenvalue weighted by atomic mass is 79.9. The zero-order valence-electron chi connectivity index (χ0n) is 10.8. The summed E-state index contributed by atoms with van der Waals surface area (Å²) in [5, 5.41) is 11.4. The van der Waals surface area contributed by atoms with Crippen molar-refractivity contribution in [3.8, 4) is 0 Å². The molecule has 0 spiro atoms. The van der Waals surface area contributed by atoms with Crippen molar-refractivity contribution in [2.75, 3.05) is 7.11 Å². The summed E-state index contributed by atoms with van der Waals surface area (Å²) in [6, 6.07) is 5.36. The van der Waals surface area contributed by atoms with E-state index in [2.05, 4.69) is 26.0 Å². The molecule has 2 N–H and O–H groups in total. The second-order valence-corrected chi connectivity index (χ2v) is 4.90. The first-order chi connectivity index (χ1) is 9.43. The standard InChI is InChI=1S/C13H14BrNO5/c1-20-11(16)7-6-10(13(18)19)15-12(17)8-2-4-9(14)5-3-8/h2-5,10H,6-7H2,1H3,(H,15,17)(H,18,19). The van der Waals surface area contributed by atoms with Crippen molar-refractivity contribution in [1.82, 2.24) is 5.32 Å². The third kappa shape index (κ3) is 5.00. The average molecular weight is 344 g/mol. The van der Waals surface area contributed by atoms with Crippen LogP contribution in [0, 0.1) is 0 Å². The summed E-state index contributed by atoms with van der Waals surface area (Å²) in [6.45, 7) is 0. The third-order valence-corrected chi connectivity index (χ3v) is 3.10. The number of ether oxygens (including phenoxy) is 1. The van der Waals surface area contributed by atoms with Gasteiger partial charge in [-0.3, -0.25) is 9.59 Å². The van der Waals surface area contributed by atoms with Crippen molar-refractivity contribution in [2.45, 2.75) is 18.9 Å². The van der Waals surface area contributed by atoms with Crippen LogP contribution in [0.25, 0.3) is 0 Å². The van der Waals surface area contributed by atoms with Crippen molar-refractivity contribution in [3.63, 3.8) is 0 Å². The van der Waals surface area contributed by atoms with Crippen LogP contribution in [0.5, 0.6) is 0 Å². The Hall–Kier alpha value is -1.89. The molecule has 0 aliphatic rings. The van der Waals surface area contributed by atoms with Crippen LogP contribution in [-0.2, 0) is 14.3 Å². The van der Waals surface area contributed by atoms with Crippen molar-refractivity contribution >= 4 is 33.8 Å². The summed E-state index contributed by atoms with van der Waals surface area (Å²) in [7, 11) is 1.22. The second-order valence-electron chi connectivity index (χ2n) is 3.99. The van der Waals surface area contributed by atoms with Crippen molar-refractivity contribution in [2.24, 2.45) is 0 Å². The number of carboxylic acids is 1. The van der Waals surface area contributed by atoms with Gasteiger partial charge in [0.05, 0.1) is 7.11 Å². The van der Waals surface area contributed by atoms with Gasteiger partial charge in [0, 0.05) is 16.5 Å². The number of esters is 1. The van der Waals surface area contributed by atoms with Crippen LogP contribution in [-0.4, -0.2) is 36.1 Å². The van der Waals surface area contributed by atoms with Gasteiger partial charge in [-0.1, -0.05) is 15.9 Å². The fourth-order valence-electron chi connectivity index (χ4n) is 1.46. The Morgan fingerprint density at radius 1 is 1.30 bits per heavy atom.